The smallest absolute Gasteiger partial charge is 0.257 e. The summed E-state index contributed by atoms with van der Waals surface area (Å²) in [5.74, 6) is 1.18. The molecule has 1 unspecified atom stereocenters. The van der Waals surface area contributed by atoms with Crippen LogP contribution in [0.25, 0.3) is 22.6 Å². The molecule has 0 saturated heterocycles. The third kappa shape index (κ3) is 5.34. The molecule has 3 aromatic carbocycles. The number of carbonyl (C=O) groups is 1. The molecule has 0 aliphatic heterocycles. The molecule has 0 bridgehead atoms. The highest BCUT2D eigenvalue weighted by atomic mass is 32.1. The highest BCUT2D eigenvalue weighted by molar-refractivity contribution is 7.80. The Bertz CT molecular complexity index is 1330. The molecular weight excluding hydrogens is 442 g/mol. The van der Waals surface area contributed by atoms with Gasteiger partial charge in [-0.1, -0.05) is 52.0 Å². The minimum Gasteiger partial charge on any atom is -0.436 e. The Balaban J connectivity index is 1.46. The van der Waals surface area contributed by atoms with Crippen LogP contribution < -0.4 is 10.6 Å². The maximum Gasteiger partial charge on any atom is 0.257 e. The van der Waals surface area contributed by atoms with Crippen LogP contribution in [0.2, 0.25) is 0 Å². The van der Waals surface area contributed by atoms with Crippen molar-refractivity contribution in [3.63, 3.8) is 0 Å². The molecule has 1 heterocycles. The van der Waals surface area contributed by atoms with Crippen molar-refractivity contribution in [2.45, 2.75) is 46.0 Å². The van der Waals surface area contributed by atoms with Crippen LogP contribution in [0.1, 0.15) is 67.4 Å². The molecule has 0 saturated carbocycles. The van der Waals surface area contributed by atoms with E-state index in [4.69, 9.17) is 21.6 Å². The van der Waals surface area contributed by atoms with Gasteiger partial charge in [0.2, 0.25) is 5.89 Å². The lowest BCUT2D eigenvalue weighted by Crippen LogP contribution is -2.34. The minimum absolute atomic E-state index is 0.228. The van der Waals surface area contributed by atoms with E-state index in [1.54, 1.807) is 0 Å². The number of amides is 1. The van der Waals surface area contributed by atoms with Crippen molar-refractivity contribution in [2.24, 2.45) is 0 Å². The first kappa shape index (κ1) is 23.6. The van der Waals surface area contributed by atoms with Gasteiger partial charge in [-0.05, 0) is 84.1 Å². The molecule has 1 aromatic heterocycles. The van der Waals surface area contributed by atoms with Crippen LogP contribution in [0.4, 0.5) is 5.69 Å². The van der Waals surface area contributed by atoms with E-state index in [1.807, 2.05) is 54.6 Å². The summed E-state index contributed by atoms with van der Waals surface area (Å²) in [6, 6.07) is 21.3. The van der Waals surface area contributed by atoms with Gasteiger partial charge >= 0.3 is 0 Å². The third-order valence-corrected chi connectivity index (χ3v) is 6.23. The second-order valence-electron chi connectivity index (χ2n) is 8.82. The fourth-order valence-electron chi connectivity index (χ4n) is 3.70. The normalized spacial score (nSPS) is 12.0. The molecule has 0 spiro atoms. The van der Waals surface area contributed by atoms with E-state index in [-0.39, 0.29) is 11.0 Å². The number of fused-ring (bicyclic) bond motifs is 1. The first-order chi connectivity index (χ1) is 16.3. The molecule has 2 N–H and O–H groups in total. The van der Waals surface area contributed by atoms with Crippen molar-refractivity contribution in [2.75, 3.05) is 5.32 Å². The molecule has 0 aliphatic rings. The van der Waals surface area contributed by atoms with Gasteiger partial charge in [0.25, 0.3) is 5.91 Å². The molecule has 174 valence electrons. The van der Waals surface area contributed by atoms with Crippen molar-refractivity contribution in [1.82, 2.24) is 10.3 Å². The lowest BCUT2D eigenvalue weighted by atomic mass is 9.98. The standard InChI is InChI=1S/C28H29N3O2S/c1-5-18(4)21-13-14-25-24(16-21)30-27(33-25)22-7-6-8-23(15-22)29-28(34)31-26(32)20-11-9-19(10-12-20)17(2)3/h6-18H,5H2,1-4H3,(H2,29,31,32,34). The Kier molecular flexibility index (Phi) is 7.08. The van der Waals surface area contributed by atoms with Crippen LogP contribution >= 0.6 is 12.2 Å². The SMILES string of the molecule is CCC(C)c1ccc2oc(-c3cccc(NC(=S)NC(=O)c4ccc(C(C)C)cc4)c3)nc2c1. The molecule has 0 radical (unpaired) electrons. The van der Waals surface area contributed by atoms with Gasteiger partial charge in [0, 0.05) is 16.8 Å². The number of carbonyl (C=O) groups excluding carboxylic acids is 1. The van der Waals surface area contributed by atoms with E-state index in [2.05, 4.69) is 50.5 Å². The van der Waals surface area contributed by atoms with Crippen LogP contribution in [0.3, 0.4) is 0 Å². The van der Waals surface area contributed by atoms with Crippen LogP contribution in [0, 0.1) is 0 Å². The molecule has 1 atom stereocenters. The van der Waals surface area contributed by atoms with Crippen molar-refractivity contribution in [3.05, 3.63) is 83.4 Å². The van der Waals surface area contributed by atoms with Gasteiger partial charge < -0.3 is 9.73 Å². The van der Waals surface area contributed by atoms with E-state index < -0.39 is 0 Å². The number of hydrogen-bond donors (Lipinski definition) is 2. The fraction of sp³-hybridized carbons (Fsp3) is 0.250. The van der Waals surface area contributed by atoms with Gasteiger partial charge in [-0.15, -0.1) is 0 Å². The molecule has 0 fully saturated rings. The number of nitrogens with zero attached hydrogens (tertiary/aromatic N) is 1. The predicted octanol–water partition coefficient (Wildman–Crippen LogP) is 7.26. The van der Waals surface area contributed by atoms with Crippen LogP contribution in [0.5, 0.6) is 0 Å². The Morgan fingerprint density at radius 1 is 1.00 bits per heavy atom. The van der Waals surface area contributed by atoms with Crippen molar-refractivity contribution >= 4 is 40.0 Å². The number of oxazole rings is 1. The fourth-order valence-corrected chi connectivity index (χ4v) is 3.91. The quantitative estimate of drug-likeness (QED) is 0.290. The topological polar surface area (TPSA) is 67.2 Å². The highest BCUT2D eigenvalue weighted by Gasteiger charge is 2.13. The number of aromatic nitrogens is 1. The summed E-state index contributed by atoms with van der Waals surface area (Å²) >= 11 is 5.36. The Labute approximate surface area is 205 Å². The van der Waals surface area contributed by atoms with Crippen molar-refractivity contribution < 1.29 is 9.21 Å². The second-order valence-corrected chi connectivity index (χ2v) is 9.23. The average molecular weight is 472 g/mol. The number of nitrogens with one attached hydrogen (secondary N) is 2. The molecular formula is C28H29N3O2S. The summed E-state index contributed by atoms with van der Waals surface area (Å²) in [4.78, 5) is 17.2. The van der Waals surface area contributed by atoms with Crippen LogP contribution in [0.15, 0.2) is 71.1 Å². The lowest BCUT2D eigenvalue weighted by Gasteiger charge is -2.11. The monoisotopic (exact) mass is 471 g/mol. The van der Waals surface area contributed by atoms with Gasteiger partial charge in [0.05, 0.1) is 0 Å². The zero-order chi connectivity index (χ0) is 24.2. The summed E-state index contributed by atoms with van der Waals surface area (Å²) < 4.78 is 5.99. The Morgan fingerprint density at radius 2 is 1.74 bits per heavy atom. The van der Waals surface area contributed by atoms with Gasteiger partial charge in [0.15, 0.2) is 10.7 Å². The van der Waals surface area contributed by atoms with E-state index in [0.717, 1.165) is 28.8 Å². The molecule has 6 heteroatoms. The van der Waals surface area contributed by atoms with E-state index in [9.17, 15) is 4.79 Å². The van der Waals surface area contributed by atoms with Crippen LogP contribution in [-0.4, -0.2) is 16.0 Å². The van der Waals surface area contributed by atoms with E-state index in [1.165, 1.54) is 11.1 Å². The molecule has 34 heavy (non-hydrogen) atoms. The number of thiocarbonyl (C=S) groups is 1. The molecule has 1 amide bonds. The number of anilines is 1. The summed E-state index contributed by atoms with van der Waals surface area (Å²) in [7, 11) is 0. The lowest BCUT2D eigenvalue weighted by molar-refractivity contribution is 0.0977. The van der Waals surface area contributed by atoms with E-state index >= 15 is 0 Å². The molecule has 4 aromatic rings. The van der Waals surface area contributed by atoms with Gasteiger partial charge in [0.1, 0.15) is 5.52 Å². The second kappa shape index (κ2) is 10.2. The number of benzene rings is 3. The van der Waals surface area contributed by atoms with Gasteiger partial charge in [-0.3, -0.25) is 10.1 Å². The summed E-state index contributed by atoms with van der Waals surface area (Å²) in [5.41, 5.74) is 6.16. The predicted molar refractivity (Wildman–Crippen MR) is 142 cm³/mol. The zero-order valence-corrected chi connectivity index (χ0v) is 20.7. The van der Waals surface area contributed by atoms with Crippen LogP contribution in [-0.2, 0) is 0 Å². The minimum atomic E-state index is -0.250. The maximum absolute atomic E-state index is 12.5. The first-order valence-electron chi connectivity index (χ1n) is 11.6. The summed E-state index contributed by atoms with van der Waals surface area (Å²) in [6.45, 7) is 8.62. The molecule has 0 aliphatic carbocycles. The van der Waals surface area contributed by atoms with Crippen molar-refractivity contribution in [3.8, 4) is 11.5 Å². The molecule has 4 rings (SSSR count). The number of hydrogen-bond acceptors (Lipinski definition) is 4. The van der Waals surface area contributed by atoms with Crippen molar-refractivity contribution in [1.29, 1.82) is 0 Å². The summed E-state index contributed by atoms with van der Waals surface area (Å²) in [6.07, 6.45) is 1.07. The largest absolute Gasteiger partial charge is 0.436 e. The highest BCUT2D eigenvalue weighted by Crippen LogP contribution is 2.29. The average Bonchev–Trinajstić information content (AvgIpc) is 3.27. The third-order valence-electron chi connectivity index (χ3n) is 6.03. The number of rotatable bonds is 6. The summed E-state index contributed by atoms with van der Waals surface area (Å²) in [5, 5.41) is 6.04. The first-order valence-corrected chi connectivity index (χ1v) is 12.0. The van der Waals surface area contributed by atoms with Gasteiger partial charge in [-0.25, -0.2) is 4.98 Å². The zero-order valence-electron chi connectivity index (χ0n) is 19.9. The molecule has 5 nitrogen and oxygen atoms in total. The Hall–Kier alpha value is -3.51. The van der Waals surface area contributed by atoms with Gasteiger partial charge in [-0.2, -0.15) is 0 Å². The maximum atomic E-state index is 12.5. The Morgan fingerprint density at radius 3 is 2.44 bits per heavy atom. The van der Waals surface area contributed by atoms with E-state index in [0.29, 0.717) is 23.3 Å².